The SMILES string of the molecule is C#C[C@]1(O)[C@H](O)CC2C3C(O)C=C4C[C@@H](O)CC[C@]4(C)C3CC[C@@]21CO. The van der Waals surface area contributed by atoms with Gasteiger partial charge in [-0.15, -0.1) is 6.42 Å². The Morgan fingerprint density at radius 2 is 1.92 bits per heavy atom. The molecule has 4 unspecified atom stereocenters. The molecule has 0 amide bonds. The molecule has 5 nitrogen and oxygen atoms in total. The molecule has 4 rings (SSSR count). The first kappa shape index (κ1) is 18.5. The molecule has 0 aliphatic heterocycles. The molecule has 4 aliphatic rings. The van der Waals surface area contributed by atoms with Crippen molar-refractivity contribution in [1.29, 1.82) is 0 Å². The van der Waals surface area contributed by atoms with E-state index in [1.807, 2.05) is 6.08 Å². The van der Waals surface area contributed by atoms with Crippen molar-refractivity contribution in [2.75, 3.05) is 6.61 Å². The first-order valence-corrected chi connectivity index (χ1v) is 9.80. The van der Waals surface area contributed by atoms with Gasteiger partial charge in [0, 0.05) is 5.41 Å². The largest absolute Gasteiger partial charge is 0.396 e. The Labute approximate surface area is 154 Å². The smallest absolute Gasteiger partial charge is 0.158 e. The molecule has 3 saturated carbocycles. The lowest BCUT2D eigenvalue weighted by Crippen LogP contribution is -2.61. The fourth-order valence-corrected chi connectivity index (χ4v) is 7.03. The van der Waals surface area contributed by atoms with E-state index in [9.17, 15) is 25.5 Å². The lowest BCUT2D eigenvalue weighted by atomic mass is 9.46. The minimum Gasteiger partial charge on any atom is -0.396 e. The minimum absolute atomic E-state index is 0.0907. The predicted molar refractivity (Wildman–Crippen MR) is 95.7 cm³/mol. The van der Waals surface area contributed by atoms with Gasteiger partial charge in [0.1, 0.15) is 0 Å². The van der Waals surface area contributed by atoms with Gasteiger partial charge in [0.15, 0.2) is 5.60 Å². The molecular weight excluding hydrogens is 332 g/mol. The highest BCUT2D eigenvalue weighted by atomic mass is 16.3. The quantitative estimate of drug-likeness (QED) is 0.347. The molecule has 0 aromatic heterocycles. The van der Waals surface area contributed by atoms with Crippen LogP contribution in [0.15, 0.2) is 11.6 Å². The van der Waals surface area contributed by atoms with Crippen molar-refractivity contribution >= 4 is 0 Å². The molecule has 26 heavy (non-hydrogen) atoms. The van der Waals surface area contributed by atoms with Gasteiger partial charge < -0.3 is 25.5 Å². The van der Waals surface area contributed by atoms with Crippen molar-refractivity contribution in [2.24, 2.45) is 28.6 Å². The van der Waals surface area contributed by atoms with Crippen LogP contribution >= 0.6 is 0 Å². The predicted octanol–water partition coefficient (Wildman–Crippen LogP) is 0.588. The van der Waals surface area contributed by atoms with E-state index >= 15 is 0 Å². The summed E-state index contributed by atoms with van der Waals surface area (Å²) < 4.78 is 0. The maximum atomic E-state index is 11.0. The zero-order valence-corrected chi connectivity index (χ0v) is 15.3. The second-order valence-electron chi connectivity index (χ2n) is 9.30. The van der Waals surface area contributed by atoms with Crippen molar-refractivity contribution in [3.8, 4) is 12.3 Å². The van der Waals surface area contributed by atoms with E-state index in [0.29, 0.717) is 19.3 Å². The topological polar surface area (TPSA) is 101 Å². The summed E-state index contributed by atoms with van der Waals surface area (Å²) in [5, 5.41) is 52.9. The summed E-state index contributed by atoms with van der Waals surface area (Å²) in [5.41, 5.74) is -1.69. The fourth-order valence-electron chi connectivity index (χ4n) is 7.03. The molecule has 0 spiro atoms. The molecule has 0 aromatic carbocycles. The van der Waals surface area contributed by atoms with E-state index in [4.69, 9.17) is 6.42 Å². The summed E-state index contributed by atoms with van der Waals surface area (Å²) in [6.45, 7) is 1.93. The van der Waals surface area contributed by atoms with Crippen LogP contribution in [0.2, 0.25) is 0 Å². The van der Waals surface area contributed by atoms with Gasteiger partial charge in [-0.3, -0.25) is 0 Å². The zero-order chi connectivity index (χ0) is 18.9. The Hall–Kier alpha value is -0.900. The molecule has 0 heterocycles. The van der Waals surface area contributed by atoms with Crippen LogP contribution in [0.4, 0.5) is 0 Å². The third kappa shape index (κ3) is 2.05. The van der Waals surface area contributed by atoms with Gasteiger partial charge in [0.2, 0.25) is 0 Å². The average molecular weight is 362 g/mol. The van der Waals surface area contributed by atoms with E-state index < -0.39 is 23.2 Å². The van der Waals surface area contributed by atoms with Crippen LogP contribution in [-0.2, 0) is 0 Å². The summed E-state index contributed by atoms with van der Waals surface area (Å²) >= 11 is 0. The van der Waals surface area contributed by atoms with E-state index in [0.717, 1.165) is 24.8 Å². The highest BCUT2D eigenvalue weighted by molar-refractivity contribution is 5.32. The van der Waals surface area contributed by atoms with Gasteiger partial charge in [-0.2, -0.15) is 0 Å². The number of fused-ring (bicyclic) bond motifs is 5. The average Bonchev–Trinajstić information content (AvgIpc) is 2.85. The fraction of sp³-hybridized carbons (Fsp3) is 0.810. The summed E-state index contributed by atoms with van der Waals surface area (Å²) in [7, 11) is 0. The first-order chi connectivity index (χ1) is 12.2. The highest BCUT2D eigenvalue weighted by Gasteiger charge is 2.69. The Balaban J connectivity index is 1.79. The molecule has 5 heteroatoms. The van der Waals surface area contributed by atoms with Crippen molar-refractivity contribution in [3.05, 3.63) is 11.6 Å². The van der Waals surface area contributed by atoms with Gasteiger partial charge in [0.25, 0.3) is 0 Å². The molecule has 0 radical (unpaired) electrons. The summed E-state index contributed by atoms with van der Waals surface area (Å²) in [4.78, 5) is 0. The van der Waals surface area contributed by atoms with Crippen LogP contribution < -0.4 is 0 Å². The van der Waals surface area contributed by atoms with Gasteiger partial charge in [0.05, 0.1) is 24.9 Å². The molecule has 0 bridgehead atoms. The monoisotopic (exact) mass is 362 g/mol. The van der Waals surface area contributed by atoms with Gasteiger partial charge in [-0.1, -0.05) is 24.5 Å². The summed E-state index contributed by atoms with van der Waals surface area (Å²) in [5.74, 6) is 2.18. The molecule has 0 saturated heterocycles. The molecule has 4 aliphatic carbocycles. The number of aliphatic hydroxyl groups excluding tert-OH is 4. The molecule has 9 atom stereocenters. The van der Waals surface area contributed by atoms with Crippen molar-refractivity contribution < 1.29 is 25.5 Å². The first-order valence-electron chi connectivity index (χ1n) is 9.80. The van der Waals surface area contributed by atoms with Crippen molar-refractivity contribution in [3.63, 3.8) is 0 Å². The summed E-state index contributed by atoms with van der Waals surface area (Å²) in [6.07, 6.45) is 9.11. The third-order valence-corrected chi connectivity index (χ3v) is 8.53. The Morgan fingerprint density at radius 3 is 2.58 bits per heavy atom. The van der Waals surface area contributed by atoms with Crippen LogP contribution in [0.5, 0.6) is 0 Å². The standard InChI is InChI=1S/C21H30O5/c1-3-21(26)17(25)10-15-18-14(5-7-20(15,21)11-22)19(2)6-4-13(23)8-12(19)9-16(18)24/h1,9,13-18,22-26H,4-8,10-11H2,2H3/t13-,14?,15?,16?,17+,18?,19-,20+,21-/m0/s1. The van der Waals surface area contributed by atoms with E-state index in [-0.39, 0.29) is 35.9 Å². The minimum atomic E-state index is -1.76. The third-order valence-electron chi connectivity index (χ3n) is 8.53. The van der Waals surface area contributed by atoms with Crippen LogP contribution in [0.3, 0.4) is 0 Å². The van der Waals surface area contributed by atoms with E-state index in [1.165, 1.54) is 0 Å². The molecule has 5 N–H and O–H groups in total. The highest BCUT2D eigenvalue weighted by Crippen LogP contribution is 2.67. The molecule has 0 aromatic rings. The Kier molecular flexibility index (Phi) is 4.12. The number of rotatable bonds is 1. The van der Waals surface area contributed by atoms with Gasteiger partial charge in [-0.25, -0.2) is 0 Å². The Bertz CT molecular complexity index is 668. The van der Waals surface area contributed by atoms with Crippen molar-refractivity contribution in [1.82, 2.24) is 0 Å². The van der Waals surface area contributed by atoms with Crippen LogP contribution in [0.1, 0.15) is 45.4 Å². The van der Waals surface area contributed by atoms with Crippen molar-refractivity contribution in [2.45, 2.75) is 69.4 Å². The number of hydrogen-bond acceptors (Lipinski definition) is 5. The molecular formula is C21H30O5. The normalized spacial score (nSPS) is 56.0. The maximum Gasteiger partial charge on any atom is 0.158 e. The zero-order valence-electron chi connectivity index (χ0n) is 15.3. The second kappa shape index (κ2) is 5.80. The van der Waals surface area contributed by atoms with Gasteiger partial charge in [-0.05, 0) is 61.7 Å². The van der Waals surface area contributed by atoms with E-state index in [2.05, 4.69) is 12.8 Å². The molecule has 3 fully saturated rings. The maximum absolute atomic E-state index is 11.0. The second-order valence-corrected chi connectivity index (χ2v) is 9.30. The van der Waals surface area contributed by atoms with Crippen LogP contribution in [0, 0.1) is 40.9 Å². The van der Waals surface area contributed by atoms with Crippen LogP contribution in [-0.4, -0.2) is 56.1 Å². The number of hydrogen-bond donors (Lipinski definition) is 5. The van der Waals surface area contributed by atoms with Crippen LogP contribution in [0.25, 0.3) is 0 Å². The number of aliphatic hydroxyl groups is 5. The molecule has 144 valence electrons. The van der Waals surface area contributed by atoms with E-state index in [1.54, 1.807) is 0 Å². The lowest BCUT2D eigenvalue weighted by Gasteiger charge is -2.59. The van der Waals surface area contributed by atoms with Gasteiger partial charge >= 0.3 is 0 Å². The Morgan fingerprint density at radius 1 is 1.19 bits per heavy atom. The summed E-state index contributed by atoms with van der Waals surface area (Å²) in [6, 6.07) is 0. The lowest BCUT2D eigenvalue weighted by molar-refractivity contribution is -0.160. The number of terminal acetylenes is 1.